The molecule has 0 fully saturated rings. The van der Waals surface area contributed by atoms with Crippen LogP contribution in [0.3, 0.4) is 0 Å². The number of benzene rings is 3. The first kappa shape index (κ1) is 24.6. The molecule has 0 saturated heterocycles. The van der Waals surface area contributed by atoms with E-state index in [1.54, 1.807) is 48.5 Å². The summed E-state index contributed by atoms with van der Waals surface area (Å²) < 4.78 is 11.9. The van der Waals surface area contributed by atoms with Crippen molar-refractivity contribution < 1.29 is 24.0 Å². The number of fused-ring (bicyclic) bond motifs is 1. The molecular formula is C24H16BrClN2O6S. The van der Waals surface area contributed by atoms with Gasteiger partial charge in [-0.05, 0) is 40.2 Å². The van der Waals surface area contributed by atoms with E-state index in [1.165, 1.54) is 25.3 Å². The van der Waals surface area contributed by atoms with Crippen LogP contribution in [0.25, 0.3) is 10.1 Å². The van der Waals surface area contributed by atoms with E-state index in [0.29, 0.717) is 21.2 Å². The zero-order valence-electron chi connectivity index (χ0n) is 18.0. The summed E-state index contributed by atoms with van der Waals surface area (Å²) in [5, 5.41) is 14.5. The number of nitrogens with zero attached hydrogens (tertiary/aromatic N) is 1. The summed E-state index contributed by atoms with van der Waals surface area (Å²) in [4.78, 5) is 36.9. The largest absolute Gasteiger partial charge is 0.497 e. The highest BCUT2D eigenvalue weighted by Crippen LogP contribution is 2.38. The first-order valence-corrected chi connectivity index (χ1v) is 12.0. The molecule has 1 aromatic heterocycles. The summed E-state index contributed by atoms with van der Waals surface area (Å²) in [6.07, 6.45) is -1.30. The van der Waals surface area contributed by atoms with E-state index in [4.69, 9.17) is 21.1 Å². The lowest BCUT2D eigenvalue weighted by Gasteiger charge is -2.18. The lowest BCUT2D eigenvalue weighted by Crippen LogP contribution is -2.26. The van der Waals surface area contributed by atoms with E-state index >= 15 is 0 Å². The Balaban J connectivity index is 1.63. The molecule has 0 bridgehead atoms. The molecule has 35 heavy (non-hydrogen) atoms. The van der Waals surface area contributed by atoms with Crippen LogP contribution in [0.5, 0.6) is 5.75 Å². The van der Waals surface area contributed by atoms with Gasteiger partial charge in [-0.1, -0.05) is 41.9 Å². The van der Waals surface area contributed by atoms with E-state index in [0.717, 1.165) is 16.0 Å². The molecule has 4 aromatic rings. The normalized spacial score (nSPS) is 11.6. The Morgan fingerprint density at radius 3 is 2.51 bits per heavy atom. The minimum absolute atomic E-state index is 0.142. The molecule has 178 valence electrons. The van der Waals surface area contributed by atoms with Gasteiger partial charge in [0.15, 0.2) is 0 Å². The van der Waals surface area contributed by atoms with Gasteiger partial charge < -0.3 is 14.8 Å². The number of nitro groups is 1. The first-order chi connectivity index (χ1) is 16.8. The maximum Gasteiger partial charge on any atom is 0.351 e. The van der Waals surface area contributed by atoms with Crippen LogP contribution < -0.4 is 10.1 Å². The lowest BCUT2D eigenvalue weighted by molar-refractivity contribution is -0.384. The maximum atomic E-state index is 13.2. The standard InChI is InChI=1S/C24H16BrClN2O6S/c1-33-15-8-9-16-19(12-15)35-22(20(16)26)24(30)34-21(13-5-3-2-4-6-13)23(29)27-18-10-7-14(28(31)32)11-17(18)25/h2-12,21H,1H3,(H,27,29). The van der Waals surface area contributed by atoms with E-state index in [1.807, 2.05) is 0 Å². The zero-order chi connectivity index (χ0) is 25.1. The molecule has 1 heterocycles. The van der Waals surface area contributed by atoms with E-state index < -0.39 is 22.9 Å². The van der Waals surface area contributed by atoms with Crippen LogP contribution in [0, 0.1) is 10.1 Å². The van der Waals surface area contributed by atoms with Crippen LogP contribution in [0.1, 0.15) is 21.3 Å². The monoisotopic (exact) mass is 574 g/mol. The number of non-ortho nitro benzene ring substituents is 1. The molecule has 1 atom stereocenters. The molecule has 0 radical (unpaired) electrons. The van der Waals surface area contributed by atoms with Gasteiger partial charge in [0.2, 0.25) is 6.10 Å². The van der Waals surface area contributed by atoms with Gasteiger partial charge >= 0.3 is 5.97 Å². The van der Waals surface area contributed by atoms with Crippen LogP contribution >= 0.6 is 38.9 Å². The Hall–Kier alpha value is -3.47. The number of carbonyl (C=O) groups is 2. The minimum atomic E-state index is -1.30. The zero-order valence-corrected chi connectivity index (χ0v) is 21.1. The first-order valence-electron chi connectivity index (χ1n) is 10.0. The van der Waals surface area contributed by atoms with Gasteiger partial charge in [0.1, 0.15) is 10.6 Å². The fourth-order valence-electron chi connectivity index (χ4n) is 3.28. The number of nitrogens with one attached hydrogen (secondary N) is 1. The van der Waals surface area contributed by atoms with E-state index in [9.17, 15) is 19.7 Å². The molecule has 8 nitrogen and oxygen atoms in total. The molecule has 1 unspecified atom stereocenters. The molecule has 1 N–H and O–H groups in total. The van der Waals surface area contributed by atoms with Crippen molar-refractivity contribution in [1.82, 2.24) is 0 Å². The van der Waals surface area contributed by atoms with Gasteiger partial charge in [-0.25, -0.2) is 4.79 Å². The molecular weight excluding hydrogens is 560 g/mol. The number of anilines is 1. The second kappa shape index (κ2) is 10.4. The highest BCUT2D eigenvalue weighted by atomic mass is 79.9. The molecule has 0 saturated carbocycles. The molecule has 0 aliphatic carbocycles. The third kappa shape index (κ3) is 5.29. The minimum Gasteiger partial charge on any atom is -0.497 e. The van der Waals surface area contributed by atoms with Crippen molar-refractivity contribution in [3.05, 3.63) is 96.8 Å². The number of nitro benzene ring substituents is 1. The molecule has 1 amide bonds. The van der Waals surface area contributed by atoms with Crippen LogP contribution in [0.4, 0.5) is 11.4 Å². The Bertz CT molecular complexity index is 1440. The Morgan fingerprint density at radius 2 is 1.86 bits per heavy atom. The molecule has 3 aromatic carbocycles. The highest BCUT2D eigenvalue weighted by molar-refractivity contribution is 9.10. The molecule has 0 aliphatic rings. The molecule has 0 aliphatic heterocycles. The number of halogens is 2. The average Bonchev–Trinajstić information content (AvgIpc) is 3.19. The summed E-state index contributed by atoms with van der Waals surface area (Å²) in [5.74, 6) is -0.787. The van der Waals surface area contributed by atoms with Gasteiger partial charge in [-0.3, -0.25) is 14.9 Å². The number of rotatable bonds is 7. The highest BCUT2D eigenvalue weighted by Gasteiger charge is 2.29. The molecule has 0 spiro atoms. The predicted octanol–water partition coefficient (Wildman–Crippen LogP) is 6.77. The van der Waals surface area contributed by atoms with Crippen LogP contribution in [0.2, 0.25) is 5.02 Å². The smallest absolute Gasteiger partial charge is 0.351 e. The van der Waals surface area contributed by atoms with Crippen molar-refractivity contribution in [2.45, 2.75) is 6.10 Å². The lowest BCUT2D eigenvalue weighted by atomic mass is 10.1. The fourth-order valence-corrected chi connectivity index (χ4v) is 5.17. The molecule has 11 heteroatoms. The number of methoxy groups -OCH3 is 1. The van der Waals surface area contributed by atoms with Crippen LogP contribution in [-0.4, -0.2) is 23.9 Å². The summed E-state index contributed by atoms with van der Waals surface area (Å²) >= 11 is 10.8. The van der Waals surface area contributed by atoms with Crippen LogP contribution in [-0.2, 0) is 9.53 Å². The van der Waals surface area contributed by atoms with Crippen molar-refractivity contribution in [2.24, 2.45) is 0 Å². The Morgan fingerprint density at radius 1 is 1.11 bits per heavy atom. The number of esters is 1. The second-order valence-electron chi connectivity index (χ2n) is 7.21. The molecule has 4 rings (SSSR count). The third-order valence-electron chi connectivity index (χ3n) is 5.01. The number of carbonyl (C=O) groups excluding carboxylic acids is 2. The Labute approximate surface area is 216 Å². The Kier molecular flexibility index (Phi) is 7.34. The van der Waals surface area contributed by atoms with Crippen molar-refractivity contribution in [3.8, 4) is 5.75 Å². The summed E-state index contributed by atoms with van der Waals surface area (Å²) in [6, 6.07) is 17.7. The fraction of sp³-hybridized carbons (Fsp3) is 0.0833. The summed E-state index contributed by atoms with van der Waals surface area (Å²) in [6.45, 7) is 0. The van der Waals surface area contributed by atoms with E-state index in [2.05, 4.69) is 21.2 Å². The quantitative estimate of drug-likeness (QED) is 0.148. The van der Waals surface area contributed by atoms with Gasteiger partial charge in [0.25, 0.3) is 11.6 Å². The summed E-state index contributed by atoms with van der Waals surface area (Å²) in [5.41, 5.74) is 0.580. The predicted molar refractivity (Wildman–Crippen MR) is 137 cm³/mol. The number of ether oxygens (including phenoxy) is 2. The number of amides is 1. The summed E-state index contributed by atoms with van der Waals surface area (Å²) in [7, 11) is 1.54. The number of hydrogen-bond acceptors (Lipinski definition) is 7. The second-order valence-corrected chi connectivity index (χ2v) is 9.50. The van der Waals surface area contributed by atoms with Gasteiger partial charge in [0, 0.05) is 32.3 Å². The topological polar surface area (TPSA) is 108 Å². The van der Waals surface area contributed by atoms with Crippen molar-refractivity contribution >= 4 is 72.2 Å². The maximum absolute atomic E-state index is 13.2. The van der Waals surface area contributed by atoms with Gasteiger partial charge in [-0.15, -0.1) is 11.3 Å². The third-order valence-corrected chi connectivity index (χ3v) is 7.30. The van der Waals surface area contributed by atoms with Crippen LogP contribution in [0.15, 0.2) is 71.2 Å². The SMILES string of the molecule is COc1ccc2c(Cl)c(C(=O)OC(C(=O)Nc3ccc([N+](=O)[O-])cc3Br)c3ccccc3)sc2c1. The average molecular weight is 576 g/mol. The van der Waals surface area contributed by atoms with Gasteiger partial charge in [0.05, 0.1) is 22.7 Å². The number of thiophene rings is 1. The van der Waals surface area contributed by atoms with E-state index in [-0.39, 0.29) is 21.3 Å². The van der Waals surface area contributed by atoms with Crippen molar-refractivity contribution in [2.75, 3.05) is 12.4 Å². The van der Waals surface area contributed by atoms with Crippen molar-refractivity contribution in [1.29, 1.82) is 0 Å². The van der Waals surface area contributed by atoms with Crippen molar-refractivity contribution in [3.63, 3.8) is 0 Å². The number of hydrogen-bond donors (Lipinski definition) is 1. The van der Waals surface area contributed by atoms with Gasteiger partial charge in [-0.2, -0.15) is 0 Å².